The molecule has 2 rings (SSSR count). The van der Waals surface area contributed by atoms with Crippen LogP contribution in [-0.2, 0) is 9.53 Å². The van der Waals surface area contributed by atoms with E-state index in [2.05, 4.69) is 18.7 Å². The molecule has 0 N–H and O–H groups in total. The minimum absolute atomic E-state index is 0.130. The van der Waals surface area contributed by atoms with Crippen molar-refractivity contribution in [3.05, 3.63) is 25.0 Å². The van der Waals surface area contributed by atoms with Crippen LogP contribution in [0, 0.1) is 11.3 Å². The first-order valence-electron chi connectivity index (χ1n) is 4.74. The normalized spacial score (nSPS) is 34.9. The second-order valence-electron chi connectivity index (χ2n) is 4.06. The van der Waals surface area contributed by atoms with Crippen molar-refractivity contribution >= 4 is 5.97 Å². The molecule has 70 valence electrons. The fourth-order valence-corrected chi connectivity index (χ4v) is 2.50. The smallest absolute Gasteiger partial charge is 0.311 e. The number of hydrogen-bond acceptors (Lipinski definition) is 2. The molecule has 0 aromatic rings. The summed E-state index contributed by atoms with van der Waals surface area (Å²) < 4.78 is 4.74. The van der Waals surface area contributed by atoms with Gasteiger partial charge in [-0.2, -0.15) is 0 Å². The average Bonchev–Trinajstić information content (AvgIpc) is 2.63. The van der Waals surface area contributed by atoms with Gasteiger partial charge in [-0.15, -0.1) is 0 Å². The lowest BCUT2D eigenvalue weighted by atomic mass is 9.84. The summed E-state index contributed by atoms with van der Waals surface area (Å²) in [5, 5.41) is 0. The van der Waals surface area contributed by atoms with Crippen LogP contribution in [0.25, 0.3) is 0 Å². The summed E-state index contributed by atoms with van der Waals surface area (Å²) in [7, 11) is 0. The molecule has 0 amide bonds. The minimum atomic E-state index is -0.151. The highest BCUT2D eigenvalue weighted by Gasteiger charge is 2.42. The van der Waals surface area contributed by atoms with Gasteiger partial charge < -0.3 is 4.74 Å². The summed E-state index contributed by atoms with van der Waals surface area (Å²) in [5.74, 6) is 0.568. The number of carbonyl (C=O) groups is 1. The quantitative estimate of drug-likeness (QED) is 0.377. The summed E-state index contributed by atoms with van der Waals surface area (Å²) in [4.78, 5) is 11.3. The van der Waals surface area contributed by atoms with E-state index >= 15 is 0 Å². The molecule has 2 bridgehead atoms. The maximum absolute atomic E-state index is 11.3. The SMILES string of the molecule is C=COC(=O)CC12C=CC(CC1)C2. The van der Waals surface area contributed by atoms with Gasteiger partial charge in [-0.1, -0.05) is 18.7 Å². The Morgan fingerprint density at radius 1 is 1.77 bits per heavy atom. The van der Waals surface area contributed by atoms with Crippen molar-refractivity contribution in [1.29, 1.82) is 0 Å². The zero-order valence-electron chi connectivity index (χ0n) is 7.66. The lowest BCUT2D eigenvalue weighted by Gasteiger charge is -2.21. The van der Waals surface area contributed by atoms with Crippen molar-refractivity contribution in [2.24, 2.45) is 11.3 Å². The highest BCUT2D eigenvalue weighted by Crippen LogP contribution is 2.51. The van der Waals surface area contributed by atoms with Crippen LogP contribution in [0.5, 0.6) is 0 Å². The van der Waals surface area contributed by atoms with Crippen molar-refractivity contribution in [2.45, 2.75) is 25.7 Å². The summed E-state index contributed by atoms with van der Waals surface area (Å²) >= 11 is 0. The fraction of sp³-hybridized carbons (Fsp3) is 0.545. The van der Waals surface area contributed by atoms with Crippen molar-refractivity contribution in [1.82, 2.24) is 0 Å². The van der Waals surface area contributed by atoms with E-state index in [0.29, 0.717) is 6.42 Å². The van der Waals surface area contributed by atoms with E-state index in [1.165, 1.54) is 12.7 Å². The summed E-state index contributed by atoms with van der Waals surface area (Å²) in [5.41, 5.74) is 0.130. The standard InChI is InChI=1S/C11H14O2/c1-2-13-10(12)8-11-5-3-9(7-11)4-6-11/h2-3,5,9H,1,4,6-8H2. The lowest BCUT2D eigenvalue weighted by Crippen LogP contribution is -2.17. The maximum Gasteiger partial charge on any atom is 0.311 e. The Labute approximate surface area is 78.3 Å². The molecule has 0 radical (unpaired) electrons. The van der Waals surface area contributed by atoms with Gasteiger partial charge in [-0.25, -0.2) is 0 Å². The zero-order valence-corrected chi connectivity index (χ0v) is 7.66. The van der Waals surface area contributed by atoms with E-state index < -0.39 is 0 Å². The number of hydrogen-bond donors (Lipinski definition) is 0. The van der Waals surface area contributed by atoms with Crippen LogP contribution in [0.3, 0.4) is 0 Å². The molecule has 2 aliphatic carbocycles. The topological polar surface area (TPSA) is 26.3 Å². The number of ether oxygens (including phenoxy) is 1. The van der Waals surface area contributed by atoms with Gasteiger partial charge in [-0.3, -0.25) is 4.79 Å². The molecule has 2 unspecified atom stereocenters. The molecular formula is C11H14O2. The van der Waals surface area contributed by atoms with Gasteiger partial charge in [0.2, 0.25) is 0 Å². The molecule has 13 heavy (non-hydrogen) atoms. The van der Waals surface area contributed by atoms with E-state index in [-0.39, 0.29) is 11.4 Å². The number of rotatable bonds is 3. The Morgan fingerprint density at radius 3 is 3.08 bits per heavy atom. The fourth-order valence-electron chi connectivity index (χ4n) is 2.50. The van der Waals surface area contributed by atoms with E-state index in [9.17, 15) is 4.79 Å². The van der Waals surface area contributed by atoms with Crippen LogP contribution in [0.4, 0.5) is 0 Å². The molecule has 0 aromatic carbocycles. The second-order valence-corrected chi connectivity index (χ2v) is 4.06. The van der Waals surface area contributed by atoms with E-state index in [1.807, 2.05) is 0 Å². The number of carbonyl (C=O) groups excluding carboxylic acids is 1. The van der Waals surface area contributed by atoms with Crippen LogP contribution in [0.2, 0.25) is 0 Å². The van der Waals surface area contributed by atoms with Crippen molar-refractivity contribution in [3.8, 4) is 0 Å². The molecule has 2 heteroatoms. The first-order chi connectivity index (χ1) is 6.24. The van der Waals surface area contributed by atoms with Gasteiger partial charge in [0, 0.05) is 0 Å². The number of esters is 1. The molecular weight excluding hydrogens is 164 g/mol. The largest absolute Gasteiger partial charge is 0.435 e. The van der Waals surface area contributed by atoms with Gasteiger partial charge in [-0.05, 0) is 30.6 Å². The number of allylic oxidation sites excluding steroid dienone is 2. The van der Waals surface area contributed by atoms with Crippen LogP contribution >= 0.6 is 0 Å². The highest BCUT2D eigenvalue weighted by molar-refractivity contribution is 5.71. The van der Waals surface area contributed by atoms with Crippen LogP contribution in [0.1, 0.15) is 25.7 Å². The second kappa shape index (κ2) is 3.02. The summed E-state index contributed by atoms with van der Waals surface area (Å²) in [6.45, 7) is 3.37. The third-order valence-corrected chi connectivity index (χ3v) is 3.11. The third-order valence-electron chi connectivity index (χ3n) is 3.11. The van der Waals surface area contributed by atoms with Crippen molar-refractivity contribution in [3.63, 3.8) is 0 Å². The zero-order chi connectivity index (χ0) is 9.31. The number of fused-ring (bicyclic) bond motifs is 2. The predicted octanol–water partition coefficient (Wildman–Crippen LogP) is 2.42. The Bertz CT molecular complexity index is 267. The van der Waals surface area contributed by atoms with Gasteiger partial charge >= 0.3 is 5.97 Å². The molecule has 0 aromatic heterocycles. The first-order valence-corrected chi connectivity index (χ1v) is 4.74. The van der Waals surface area contributed by atoms with E-state index in [4.69, 9.17) is 4.74 Å². The summed E-state index contributed by atoms with van der Waals surface area (Å²) in [6.07, 6.45) is 9.68. The van der Waals surface area contributed by atoms with Gasteiger partial charge in [0.05, 0.1) is 12.7 Å². The Balaban J connectivity index is 1.98. The molecule has 0 aliphatic heterocycles. The van der Waals surface area contributed by atoms with Gasteiger partial charge in [0.15, 0.2) is 0 Å². The molecule has 0 spiro atoms. The van der Waals surface area contributed by atoms with Crippen LogP contribution in [0.15, 0.2) is 25.0 Å². The average molecular weight is 178 g/mol. The molecule has 2 atom stereocenters. The predicted molar refractivity (Wildman–Crippen MR) is 49.8 cm³/mol. The van der Waals surface area contributed by atoms with E-state index in [0.717, 1.165) is 18.8 Å². The Hall–Kier alpha value is -1.05. The molecule has 2 aliphatic rings. The van der Waals surface area contributed by atoms with Crippen molar-refractivity contribution < 1.29 is 9.53 Å². The summed E-state index contributed by atoms with van der Waals surface area (Å²) in [6, 6.07) is 0. The molecule has 2 nitrogen and oxygen atoms in total. The highest BCUT2D eigenvalue weighted by atomic mass is 16.5. The van der Waals surface area contributed by atoms with Gasteiger partial charge in [0.1, 0.15) is 0 Å². The lowest BCUT2D eigenvalue weighted by molar-refractivity contribution is -0.139. The van der Waals surface area contributed by atoms with Crippen molar-refractivity contribution in [2.75, 3.05) is 0 Å². The molecule has 1 fully saturated rings. The monoisotopic (exact) mass is 178 g/mol. The maximum atomic E-state index is 11.3. The molecule has 0 heterocycles. The molecule has 0 saturated heterocycles. The first kappa shape index (κ1) is 8.54. The minimum Gasteiger partial charge on any atom is -0.435 e. The van der Waals surface area contributed by atoms with Gasteiger partial charge in [0.25, 0.3) is 0 Å². The third kappa shape index (κ3) is 1.53. The molecule has 1 saturated carbocycles. The van der Waals surface area contributed by atoms with Crippen LogP contribution < -0.4 is 0 Å². The van der Waals surface area contributed by atoms with E-state index in [1.54, 1.807) is 0 Å². The Morgan fingerprint density at radius 2 is 2.62 bits per heavy atom. The Kier molecular flexibility index (Phi) is 1.98. The van der Waals surface area contributed by atoms with Crippen LogP contribution in [-0.4, -0.2) is 5.97 Å².